The van der Waals surface area contributed by atoms with E-state index in [1.807, 2.05) is 6.07 Å². The molecule has 0 radical (unpaired) electrons. The largest absolute Gasteiger partial charge is 0.493 e. The number of nitriles is 1. The lowest BCUT2D eigenvalue weighted by Gasteiger charge is -2.12. The number of pyridine rings is 1. The zero-order valence-corrected chi connectivity index (χ0v) is 14.5. The highest BCUT2D eigenvalue weighted by Gasteiger charge is 2.20. The Balaban J connectivity index is 2.21. The van der Waals surface area contributed by atoms with E-state index in [1.165, 1.54) is 0 Å². The first-order chi connectivity index (χ1) is 12.5. The van der Waals surface area contributed by atoms with E-state index in [9.17, 15) is 15.2 Å². The molecule has 6 nitrogen and oxygen atoms in total. The summed E-state index contributed by atoms with van der Waals surface area (Å²) >= 11 is 5.84. The van der Waals surface area contributed by atoms with Crippen LogP contribution in [0.15, 0.2) is 69.6 Å². The van der Waals surface area contributed by atoms with Crippen molar-refractivity contribution in [1.29, 1.82) is 5.26 Å². The summed E-state index contributed by atoms with van der Waals surface area (Å²) in [7, 11) is 0. The van der Waals surface area contributed by atoms with Crippen molar-refractivity contribution in [2.45, 2.75) is 6.92 Å². The third-order valence-corrected chi connectivity index (χ3v) is 4.04. The van der Waals surface area contributed by atoms with Gasteiger partial charge in [0.05, 0.1) is 11.4 Å². The minimum atomic E-state index is -0.567. The van der Waals surface area contributed by atoms with Crippen LogP contribution in [0.25, 0.3) is 5.69 Å². The van der Waals surface area contributed by atoms with E-state index in [1.54, 1.807) is 61.5 Å². The predicted octanol–water partition coefficient (Wildman–Crippen LogP) is 4.79. The Bertz CT molecular complexity index is 1080. The van der Waals surface area contributed by atoms with Crippen LogP contribution in [0.3, 0.4) is 0 Å². The maximum Gasteiger partial charge on any atom is 0.286 e. The maximum atomic E-state index is 12.9. The number of azo groups is 1. The van der Waals surface area contributed by atoms with Gasteiger partial charge in [0.25, 0.3) is 5.56 Å². The summed E-state index contributed by atoms with van der Waals surface area (Å²) in [6.07, 6.45) is 0. The number of benzene rings is 2. The zero-order chi connectivity index (χ0) is 18.7. The van der Waals surface area contributed by atoms with Gasteiger partial charge in [-0.3, -0.25) is 4.79 Å². The second kappa shape index (κ2) is 7.21. The average Bonchev–Trinajstić information content (AvgIpc) is 2.64. The molecule has 0 amide bonds. The molecule has 1 aromatic heterocycles. The van der Waals surface area contributed by atoms with Gasteiger partial charge in [-0.25, -0.2) is 4.57 Å². The van der Waals surface area contributed by atoms with Crippen molar-refractivity contribution < 1.29 is 5.11 Å². The van der Waals surface area contributed by atoms with Crippen molar-refractivity contribution in [2.75, 3.05) is 0 Å². The van der Waals surface area contributed by atoms with Crippen LogP contribution >= 0.6 is 11.6 Å². The van der Waals surface area contributed by atoms with Crippen LogP contribution in [0.1, 0.15) is 11.1 Å². The van der Waals surface area contributed by atoms with Gasteiger partial charge in [-0.05, 0) is 43.3 Å². The fourth-order valence-corrected chi connectivity index (χ4v) is 2.57. The Hall–Kier alpha value is -3.43. The van der Waals surface area contributed by atoms with Gasteiger partial charge < -0.3 is 5.11 Å². The van der Waals surface area contributed by atoms with Crippen molar-refractivity contribution in [3.05, 3.63) is 81.1 Å². The lowest BCUT2D eigenvalue weighted by atomic mass is 10.1. The number of halogens is 1. The van der Waals surface area contributed by atoms with E-state index in [4.69, 9.17) is 11.6 Å². The molecule has 0 aliphatic heterocycles. The standard InChI is InChI=1S/C19H13ClN4O2/c1-12-16(11-21)18(25)24(15-5-3-2-4-6-15)19(26)17(12)23-22-14-9-7-13(20)8-10-14/h2-10,25H,1H3. The first-order valence-corrected chi connectivity index (χ1v) is 8.02. The highest BCUT2D eigenvalue weighted by molar-refractivity contribution is 6.30. The van der Waals surface area contributed by atoms with Gasteiger partial charge in [-0.15, -0.1) is 5.11 Å². The number of para-hydroxylation sites is 1. The summed E-state index contributed by atoms with van der Waals surface area (Å²) in [4.78, 5) is 12.9. The normalized spacial score (nSPS) is 10.8. The highest BCUT2D eigenvalue weighted by Crippen LogP contribution is 2.29. The Morgan fingerprint density at radius 2 is 1.73 bits per heavy atom. The maximum absolute atomic E-state index is 12.9. The molecule has 3 rings (SSSR count). The molecule has 0 atom stereocenters. The third-order valence-electron chi connectivity index (χ3n) is 3.79. The molecule has 7 heteroatoms. The number of nitrogens with zero attached hydrogens (tertiary/aromatic N) is 4. The molecule has 0 unspecified atom stereocenters. The first-order valence-electron chi connectivity index (χ1n) is 7.64. The van der Waals surface area contributed by atoms with Crippen molar-refractivity contribution in [3.8, 4) is 17.6 Å². The topological polar surface area (TPSA) is 90.7 Å². The van der Waals surface area contributed by atoms with E-state index >= 15 is 0 Å². The Kier molecular flexibility index (Phi) is 4.83. The minimum absolute atomic E-state index is 0.0156. The first kappa shape index (κ1) is 17.4. The number of hydrogen-bond donors (Lipinski definition) is 1. The smallest absolute Gasteiger partial charge is 0.286 e. The molecular weight excluding hydrogens is 352 g/mol. The summed E-state index contributed by atoms with van der Waals surface area (Å²) in [5, 5.41) is 28.4. The molecule has 0 bridgehead atoms. The van der Waals surface area contributed by atoms with Gasteiger partial charge in [0.1, 0.15) is 11.6 Å². The van der Waals surface area contributed by atoms with Gasteiger partial charge in [0.2, 0.25) is 5.88 Å². The lowest BCUT2D eigenvalue weighted by Crippen LogP contribution is -2.20. The summed E-state index contributed by atoms with van der Waals surface area (Å²) in [5.41, 5.74) is 0.583. The van der Waals surface area contributed by atoms with Gasteiger partial charge in [-0.1, -0.05) is 29.8 Å². The molecular formula is C19H13ClN4O2. The minimum Gasteiger partial charge on any atom is -0.493 e. The Morgan fingerprint density at radius 1 is 1.08 bits per heavy atom. The highest BCUT2D eigenvalue weighted by atomic mass is 35.5. The third kappa shape index (κ3) is 3.21. The summed E-state index contributed by atoms with van der Waals surface area (Å²) in [5.74, 6) is -0.424. The van der Waals surface area contributed by atoms with Gasteiger partial charge in [0.15, 0.2) is 5.69 Å². The molecule has 0 saturated carbocycles. The molecule has 3 aromatic rings. The van der Waals surface area contributed by atoms with Crippen molar-refractivity contribution in [3.63, 3.8) is 0 Å². The van der Waals surface area contributed by atoms with Crippen molar-refractivity contribution in [2.24, 2.45) is 10.2 Å². The molecule has 1 N–H and O–H groups in total. The van der Waals surface area contributed by atoms with Crippen molar-refractivity contribution >= 4 is 23.0 Å². The van der Waals surface area contributed by atoms with Crippen LogP contribution in [0.4, 0.5) is 11.4 Å². The predicted molar refractivity (Wildman–Crippen MR) is 98.8 cm³/mol. The van der Waals surface area contributed by atoms with Crippen LogP contribution in [-0.4, -0.2) is 9.67 Å². The van der Waals surface area contributed by atoms with Crippen LogP contribution in [0.5, 0.6) is 5.88 Å². The second-order valence-electron chi connectivity index (χ2n) is 5.44. The van der Waals surface area contributed by atoms with E-state index in [-0.39, 0.29) is 16.8 Å². The molecule has 0 fully saturated rings. The lowest BCUT2D eigenvalue weighted by molar-refractivity contribution is 0.433. The molecule has 26 heavy (non-hydrogen) atoms. The van der Waals surface area contributed by atoms with Crippen LogP contribution in [0.2, 0.25) is 5.02 Å². The average molecular weight is 365 g/mol. The van der Waals surface area contributed by atoms with Crippen molar-refractivity contribution in [1.82, 2.24) is 4.57 Å². The molecule has 0 aliphatic rings. The molecule has 0 spiro atoms. The zero-order valence-electron chi connectivity index (χ0n) is 13.7. The number of aromatic hydroxyl groups is 1. The summed E-state index contributed by atoms with van der Waals surface area (Å²) in [6, 6.07) is 17.1. The quantitative estimate of drug-likeness (QED) is 0.677. The Labute approximate surface area is 154 Å². The summed E-state index contributed by atoms with van der Waals surface area (Å²) < 4.78 is 1.04. The Morgan fingerprint density at radius 3 is 2.35 bits per heavy atom. The van der Waals surface area contributed by atoms with Crippen LogP contribution in [-0.2, 0) is 0 Å². The van der Waals surface area contributed by atoms with E-state index in [0.29, 0.717) is 16.4 Å². The van der Waals surface area contributed by atoms with E-state index in [2.05, 4.69) is 10.2 Å². The fourth-order valence-electron chi connectivity index (χ4n) is 2.44. The fraction of sp³-hybridized carbons (Fsp3) is 0.0526. The number of rotatable bonds is 3. The second-order valence-corrected chi connectivity index (χ2v) is 5.87. The summed E-state index contributed by atoms with van der Waals surface area (Å²) in [6.45, 7) is 1.55. The molecule has 128 valence electrons. The molecule has 0 saturated heterocycles. The van der Waals surface area contributed by atoms with Crippen LogP contribution in [0, 0.1) is 18.3 Å². The van der Waals surface area contributed by atoms with Gasteiger partial charge >= 0.3 is 0 Å². The van der Waals surface area contributed by atoms with Gasteiger partial charge in [0, 0.05) is 10.6 Å². The molecule has 2 aromatic carbocycles. The SMILES string of the molecule is Cc1c(C#N)c(O)n(-c2ccccc2)c(=O)c1N=Nc1ccc(Cl)cc1. The number of hydrogen-bond acceptors (Lipinski definition) is 5. The van der Waals surface area contributed by atoms with E-state index in [0.717, 1.165) is 4.57 Å². The van der Waals surface area contributed by atoms with E-state index < -0.39 is 11.4 Å². The van der Waals surface area contributed by atoms with Gasteiger partial charge in [-0.2, -0.15) is 10.4 Å². The van der Waals surface area contributed by atoms with Crippen LogP contribution < -0.4 is 5.56 Å². The monoisotopic (exact) mass is 364 g/mol. The number of aromatic nitrogens is 1. The molecule has 1 heterocycles. The molecule has 0 aliphatic carbocycles.